The first kappa shape index (κ1) is 31.8. The van der Waals surface area contributed by atoms with Gasteiger partial charge in [-0.3, -0.25) is 14.9 Å². The van der Waals surface area contributed by atoms with Gasteiger partial charge in [0.25, 0.3) is 21.6 Å². The second-order valence-electron chi connectivity index (χ2n) is 14.4. The van der Waals surface area contributed by atoms with Gasteiger partial charge in [0.1, 0.15) is 5.69 Å². The van der Waals surface area contributed by atoms with Crippen molar-refractivity contribution in [3.63, 3.8) is 0 Å². The molecule has 5 atom stereocenters. The maximum absolute atomic E-state index is 13.2. The summed E-state index contributed by atoms with van der Waals surface area (Å²) in [4.78, 5) is 26.4. The van der Waals surface area contributed by atoms with Crippen LogP contribution in [0.2, 0.25) is 0 Å². The first-order valence-corrected chi connectivity index (χ1v) is 18.1. The number of carbonyl (C=O) groups is 1. The summed E-state index contributed by atoms with van der Waals surface area (Å²) in [7, 11) is -4.34. The zero-order valence-electron chi connectivity index (χ0n) is 26.6. The van der Waals surface area contributed by atoms with Crippen molar-refractivity contribution in [3.8, 4) is 0 Å². The summed E-state index contributed by atoms with van der Waals surface area (Å²) in [5.74, 6) is 2.44. The second-order valence-corrected chi connectivity index (χ2v) is 16.1. The minimum Gasteiger partial charge on any atom is -0.379 e. The van der Waals surface area contributed by atoms with Crippen molar-refractivity contribution in [3.05, 3.63) is 58.1 Å². The van der Waals surface area contributed by atoms with Gasteiger partial charge in [-0.1, -0.05) is 40.0 Å². The number of sulfonamides is 1. The predicted octanol–water partition coefficient (Wildman–Crippen LogP) is 5.80. The topological polar surface area (TPSA) is 134 Å². The van der Waals surface area contributed by atoms with Crippen LogP contribution in [0.15, 0.2) is 47.4 Å². The van der Waals surface area contributed by atoms with E-state index < -0.39 is 20.9 Å². The highest BCUT2D eigenvalue weighted by atomic mass is 32.2. The fourth-order valence-corrected chi connectivity index (χ4v) is 9.79. The Labute approximate surface area is 266 Å². The van der Waals surface area contributed by atoms with Crippen LogP contribution >= 0.6 is 0 Å². The van der Waals surface area contributed by atoms with E-state index in [-0.39, 0.29) is 21.8 Å². The molecule has 4 saturated carbocycles. The summed E-state index contributed by atoms with van der Waals surface area (Å²) in [6.45, 7) is 10.6. The highest BCUT2D eigenvalue weighted by molar-refractivity contribution is 7.90. The third-order valence-electron chi connectivity index (χ3n) is 11.7. The fraction of sp³-hybridized carbons (Fsp3) is 0.618. The number of amides is 1. The van der Waals surface area contributed by atoms with E-state index >= 15 is 0 Å². The number of hydrogen-bond acceptors (Lipinski definition) is 8. The Bertz CT molecular complexity index is 1520. The summed E-state index contributed by atoms with van der Waals surface area (Å²) in [5.41, 5.74) is 1.61. The molecule has 1 unspecified atom stereocenters. The maximum atomic E-state index is 13.2. The lowest BCUT2D eigenvalue weighted by atomic mass is 9.42. The van der Waals surface area contributed by atoms with E-state index in [2.05, 4.69) is 41.0 Å². The van der Waals surface area contributed by atoms with Crippen LogP contribution in [0.5, 0.6) is 0 Å². The molecule has 10 nitrogen and oxygen atoms in total. The van der Waals surface area contributed by atoms with Crippen molar-refractivity contribution < 1.29 is 18.1 Å². The molecule has 0 aromatic heterocycles. The molecule has 3 N–H and O–H groups in total. The van der Waals surface area contributed by atoms with Gasteiger partial charge in [0, 0.05) is 49.5 Å². The molecule has 1 aliphatic heterocycles. The molecule has 5 aliphatic rings. The van der Waals surface area contributed by atoms with Crippen LogP contribution in [-0.2, 0) is 10.0 Å². The largest absolute Gasteiger partial charge is 0.379 e. The number of fused-ring (bicyclic) bond motifs is 2. The molecule has 2 aromatic rings. The highest BCUT2D eigenvalue weighted by Gasteiger charge is 2.57. The molecule has 45 heavy (non-hydrogen) atoms. The maximum Gasteiger partial charge on any atom is 0.293 e. The van der Waals surface area contributed by atoms with E-state index in [0.717, 1.165) is 68.9 Å². The lowest BCUT2D eigenvalue weighted by Gasteiger charge is -2.64. The zero-order chi connectivity index (χ0) is 31.9. The fourth-order valence-electron chi connectivity index (χ4n) is 8.79. The van der Waals surface area contributed by atoms with E-state index in [1.165, 1.54) is 31.4 Å². The van der Waals surface area contributed by atoms with Crippen molar-refractivity contribution in [1.29, 1.82) is 0 Å². The minimum atomic E-state index is -4.34. The van der Waals surface area contributed by atoms with Gasteiger partial charge in [0.2, 0.25) is 0 Å². The van der Waals surface area contributed by atoms with Crippen LogP contribution in [0.4, 0.5) is 17.1 Å². The Morgan fingerprint density at radius 2 is 1.82 bits per heavy atom. The third-order valence-corrected chi connectivity index (χ3v) is 13.0. The van der Waals surface area contributed by atoms with E-state index in [9.17, 15) is 23.3 Å². The molecule has 2 aromatic carbocycles. The molecular formula is C34H47N5O5S. The number of hydrogen-bond donors (Lipinski definition) is 3. The zero-order valence-corrected chi connectivity index (χ0v) is 27.4. The van der Waals surface area contributed by atoms with E-state index in [1.807, 2.05) is 12.1 Å². The van der Waals surface area contributed by atoms with Crippen LogP contribution in [0, 0.1) is 45.1 Å². The Morgan fingerprint density at radius 1 is 1.09 bits per heavy atom. The van der Waals surface area contributed by atoms with E-state index in [4.69, 9.17) is 0 Å². The SMILES string of the molecule is C[C@@H]1[C@@H](C2CNCCN2c2ccc(C(=O)NS(=O)(=O)c3ccc(NCC4CCCCC4)c([N+](=O)[O-])c3)cc2)C[C@H]2C[C@@H]1C2(C)C. The van der Waals surface area contributed by atoms with Gasteiger partial charge < -0.3 is 15.5 Å². The smallest absolute Gasteiger partial charge is 0.293 e. The number of nitro groups is 1. The van der Waals surface area contributed by atoms with Gasteiger partial charge in [0.05, 0.1) is 9.82 Å². The molecule has 0 radical (unpaired) electrons. The number of nitrogens with one attached hydrogen (secondary N) is 3. The molecule has 5 fully saturated rings. The quantitative estimate of drug-likeness (QED) is 0.232. The van der Waals surface area contributed by atoms with Crippen LogP contribution < -0.4 is 20.3 Å². The normalized spacial score (nSPS) is 28.2. The summed E-state index contributed by atoms with van der Waals surface area (Å²) in [6.07, 6.45) is 8.26. The number of nitrogens with zero attached hydrogens (tertiary/aromatic N) is 2. The molecular weight excluding hydrogens is 590 g/mol. The van der Waals surface area contributed by atoms with Gasteiger partial charge >= 0.3 is 0 Å². The van der Waals surface area contributed by atoms with Crippen LogP contribution in [-0.4, -0.2) is 51.5 Å². The van der Waals surface area contributed by atoms with E-state index in [0.29, 0.717) is 35.8 Å². The number of rotatable bonds is 9. The first-order valence-electron chi connectivity index (χ1n) is 16.6. The van der Waals surface area contributed by atoms with Crippen LogP contribution in [0.25, 0.3) is 0 Å². The summed E-state index contributed by atoms with van der Waals surface area (Å²) >= 11 is 0. The summed E-state index contributed by atoms with van der Waals surface area (Å²) in [5, 5.41) is 18.6. The number of anilines is 2. The molecule has 1 amide bonds. The standard InChI is InChI=1S/C34H47N5O5S/c1-22-28(17-25-18-29(22)34(25,2)3)32-21-35-15-16-38(32)26-11-9-24(10-12-26)33(40)37-45(43,44)27-13-14-30(31(19-27)39(41)42)36-20-23-7-5-4-6-8-23/h9-14,19,22-23,25,28-29,32,35-36H,4-8,15-18,20-21H2,1-3H3,(H,37,40)/t22-,25+,28+,29+,32?/m1/s1. The number of piperazine rings is 1. The van der Waals surface area contributed by atoms with Gasteiger partial charge in [-0.2, -0.15) is 0 Å². The van der Waals surface area contributed by atoms with Crippen molar-refractivity contribution in [2.75, 3.05) is 36.4 Å². The predicted molar refractivity (Wildman–Crippen MR) is 176 cm³/mol. The molecule has 11 heteroatoms. The van der Waals surface area contributed by atoms with E-state index in [1.54, 1.807) is 12.1 Å². The molecule has 1 saturated heterocycles. The average Bonchev–Trinajstić information content (AvgIpc) is 3.03. The summed E-state index contributed by atoms with van der Waals surface area (Å²) < 4.78 is 28.4. The molecule has 0 spiro atoms. The van der Waals surface area contributed by atoms with Crippen LogP contribution in [0.1, 0.15) is 76.1 Å². The van der Waals surface area contributed by atoms with Gasteiger partial charge in [-0.25, -0.2) is 13.1 Å². The van der Waals surface area contributed by atoms with Crippen LogP contribution in [0.3, 0.4) is 0 Å². The van der Waals surface area contributed by atoms with Crippen molar-refractivity contribution in [1.82, 2.24) is 10.0 Å². The second kappa shape index (κ2) is 12.5. The monoisotopic (exact) mass is 637 g/mol. The van der Waals surface area contributed by atoms with Crippen molar-refractivity contribution >= 4 is 33.0 Å². The van der Waals surface area contributed by atoms with Gasteiger partial charge in [0.15, 0.2) is 0 Å². The van der Waals surface area contributed by atoms with Gasteiger partial charge in [-0.05, 0) is 97.1 Å². The molecule has 1 heterocycles. The highest BCUT2D eigenvalue weighted by Crippen LogP contribution is 2.63. The summed E-state index contributed by atoms with van der Waals surface area (Å²) in [6, 6.07) is 11.2. The molecule has 4 aliphatic carbocycles. The number of benzene rings is 2. The Hall–Kier alpha value is -3.18. The number of carbonyl (C=O) groups excluding carboxylic acids is 1. The van der Waals surface area contributed by atoms with Crippen molar-refractivity contribution in [2.45, 2.75) is 76.7 Å². The number of nitro benzene ring substituents is 1. The Morgan fingerprint density at radius 3 is 2.49 bits per heavy atom. The first-order chi connectivity index (χ1) is 21.5. The minimum absolute atomic E-state index is 0.211. The molecule has 7 rings (SSSR count). The van der Waals surface area contributed by atoms with Crippen molar-refractivity contribution in [2.24, 2.45) is 35.0 Å². The van der Waals surface area contributed by atoms with Gasteiger partial charge in [-0.15, -0.1) is 0 Å². The third kappa shape index (κ3) is 6.30. The molecule has 244 valence electrons. The molecule has 2 bridgehead atoms. The lowest BCUT2D eigenvalue weighted by molar-refractivity contribution is -0.384. The Kier molecular flexibility index (Phi) is 8.86. The Balaban J connectivity index is 1.12. The lowest BCUT2D eigenvalue weighted by Crippen LogP contribution is -2.63. The average molecular weight is 638 g/mol.